The molecule has 1 atom stereocenters. The monoisotopic (exact) mass is 237 g/mol. The number of rotatable bonds is 3. The number of terminal acetylenes is 1. The SMILES string of the molecule is C#CC(=O)NC(C(=O)N1CCNCC1)C(C)C. The molecule has 0 aromatic heterocycles. The Morgan fingerprint density at radius 2 is 1.94 bits per heavy atom. The van der Waals surface area contributed by atoms with E-state index >= 15 is 0 Å². The number of amides is 2. The predicted octanol–water partition coefficient (Wildman–Crippen LogP) is -0.808. The summed E-state index contributed by atoms with van der Waals surface area (Å²) in [4.78, 5) is 25.2. The lowest BCUT2D eigenvalue weighted by Crippen LogP contribution is -2.55. The average molecular weight is 237 g/mol. The van der Waals surface area contributed by atoms with Crippen molar-refractivity contribution in [2.75, 3.05) is 26.2 Å². The molecule has 0 saturated carbocycles. The fourth-order valence-electron chi connectivity index (χ4n) is 1.78. The standard InChI is InChI=1S/C12H19N3O2/c1-4-10(16)14-11(9(2)3)12(17)15-7-5-13-6-8-15/h1,9,11,13H,5-8H2,2-3H3,(H,14,16). The van der Waals surface area contributed by atoms with E-state index in [9.17, 15) is 9.59 Å². The third-order valence-corrected chi connectivity index (χ3v) is 2.78. The van der Waals surface area contributed by atoms with Crippen LogP contribution in [0.3, 0.4) is 0 Å². The summed E-state index contributed by atoms with van der Waals surface area (Å²) in [5.74, 6) is 1.41. The maximum Gasteiger partial charge on any atom is 0.296 e. The van der Waals surface area contributed by atoms with Gasteiger partial charge in [0.1, 0.15) is 6.04 Å². The Balaban J connectivity index is 2.66. The van der Waals surface area contributed by atoms with Crippen LogP contribution in [0.25, 0.3) is 0 Å². The number of nitrogens with zero attached hydrogens (tertiary/aromatic N) is 1. The Labute approximate surface area is 102 Å². The van der Waals surface area contributed by atoms with Gasteiger partial charge in [-0.3, -0.25) is 9.59 Å². The first-order valence-corrected chi connectivity index (χ1v) is 5.83. The van der Waals surface area contributed by atoms with E-state index in [1.807, 2.05) is 19.8 Å². The third-order valence-electron chi connectivity index (χ3n) is 2.78. The molecular formula is C12H19N3O2. The van der Waals surface area contributed by atoms with E-state index in [-0.39, 0.29) is 11.8 Å². The summed E-state index contributed by atoms with van der Waals surface area (Å²) in [5, 5.41) is 5.75. The Morgan fingerprint density at radius 1 is 1.35 bits per heavy atom. The van der Waals surface area contributed by atoms with Crippen LogP contribution in [0.15, 0.2) is 0 Å². The van der Waals surface area contributed by atoms with Crippen LogP contribution in [0.2, 0.25) is 0 Å². The van der Waals surface area contributed by atoms with Crippen molar-refractivity contribution in [2.24, 2.45) is 5.92 Å². The summed E-state index contributed by atoms with van der Waals surface area (Å²) in [6, 6.07) is -0.531. The quantitative estimate of drug-likeness (QED) is 0.631. The van der Waals surface area contributed by atoms with E-state index in [0.29, 0.717) is 13.1 Å². The fraction of sp³-hybridized carbons (Fsp3) is 0.667. The van der Waals surface area contributed by atoms with Crippen LogP contribution in [-0.2, 0) is 9.59 Å². The first-order valence-electron chi connectivity index (χ1n) is 5.83. The highest BCUT2D eigenvalue weighted by molar-refractivity contribution is 5.96. The third kappa shape index (κ3) is 3.75. The van der Waals surface area contributed by atoms with Gasteiger partial charge in [0.2, 0.25) is 5.91 Å². The molecule has 94 valence electrons. The topological polar surface area (TPSA) is 61.4 Å². The smallest absolute Gasteiger partial charge is 0.296 e. The van der Waals surface area contributed by atoms with Gasteiger partial charge in [0.15, 0.2) is 0 Å². The van der Waals surface area contributed by atoms with Crippen molar-refractivity contribution < 1.29 is 9.59 Å². The number of hydrogen-bond donors (Lipinski definition) is 2. The number of nitrogens with one attached hydrogen (secondary N) is 2. The summed E-state index contributed by atoms with van der Waals surface area (Å²) in [6.07, 6.45) is 5.00. The van der Waals surface area contributed by atoms with Crippen molar-refractivity contribution in [3.63, 3.8) is 0 Å². The lowest BCUT2D eigenvalue weighted by atomic mass is 10.0. The minimum absolute atomic E-state index is 0.0229. The molecule has 5 nitrogen and oxygen atoms in total. The molecule has 1 rings (SSSR count). The highest BCUT2D eigenvalue weighted by atomic mass is 16.2. The fourth-order valence-corrected chi connectivity index (χ4v) is 1.78. The second-order valence-electron chi connectivity index (χ2n) is 4.41. The Hall–Kier alpha value is -1.54. The molecule has 0 bridgehead atoms. The normalized spacial score (nSPS) is 17.4. The molecule has 0 aromatic rings. The number of hydrogen-bond acceptors (Lipinski definition) is 3. The molecule has 5 heteroatoms. The zero-order valence-corrected chi connectivity index (χ0v) is 10.3. The zero-order chi connectivity index (χ0) is 12.8. The first-order chi connectivity index (χ1) is 8.06. The van der Waals surface area contributed by atoms with Crippen LogP contribution in [0, 0.1) is 18.3 Å². The maximum atomic E-state index is 12.2. The summed E-state index contributed by atoms with van der Waals surface area (Å²) >= 11 is 0. The maximum absolute atomic E-state index is 12.2. The molecule has 0 aliphatic carbocycles. The summed E-state index contributed by atoms with van der Waals surface area (Å²) in [6.45, 7) is 6.71. The van der Waals surface area contributed by atoms with Gasteiger partial charge in [0.05, 0.1) is 0 Å². The van der Waals surface area contributed by atoms with Gasteiger partial charge in [0.25, 0.3) is 5.91 Å². The molecule has 0 aromatic carbocycles. The summed E-state index contributed by atoms with van der Waals surface area (Å²) in [7, 11) is 0. The van der Waals surface area contributed by atoms with Gasteiger partial charge < -0.3 is 15.5 Å². The molecule has 1 heterocycles. The summed E-state index contributed by atoms with van der Waals surface area (Å²) in [5.41, 5.74) is 0. The van der Waals surface area contributed by atoms with Crippen LogP contribution in [0.1, 0.15) is 13.8 Å². The molecule has 17 heavy (non-hydrogen) atoms. The van der Waals surface area contributed by atoms with Crippen molar-refractivity contribution in [2.45, 2.75) is 19.9 Å². The molecular weight excluding hydrogens is 218 g/mol. The van der Waals surface area contributed by atoms with Gasteiger partial charge in [-0.15, -0.1) is 6.42 Å². The number of carbonyl (C=O) groups is 2. The number of carbonyl (C=O) groups excluding carboxylic acids is 2. The Bertz CT molecular complexity index is 327. The molecule has 0 spiro atoms. The first kappa shape index (κ1) is 13.5. The zero-order valence-electron chi connectivity index (χ0n) is 10.3. The highest BCUT2D eigenvalue weighted by Gasteiger charge is 2.28. The largest absolute Gasteiger partial charge is 0.338 e. The van der Waals surface area contributed by atoms with Gasteiger partial charge >= 0.3 is 0 Å². The van der Waals surface area contributed by atoms with E-state index in [0.717, 1.165) is 13.1 Å². The van der Waals surface area contributed by atoms with Gasteiger partial charge in [0, 0.05) is 26.2 Å². The molecule has 1 aliphatic rings. The van der Waals surface area contributed by atoms with Gasteiger partial charge in [-0.1, -0.05) is 13.8 Å². The molecule has 1 aliphatic heterocycles. The summed E-state index contributed by atoms with van der Waals surface area (Å²) < 4.78 is 0. The molecule has 0 radical (unpaired) electrons. The lowest BCUT2D eigenvalue weighted by Gasteiger charge is -2.32. The van der Waals surface area contributed by atoms with Crippen LogP contribution < -0.4 is 10.6 Å². The van der Waals surface area contributed by atoms with Crippen molar-refractivity contribution in [1.29, 1.82) is 0 Å². The molecule has 1 fully saturated rings. The molecule has 2 N–H and O–H groups in total. The van der Waals surface area contributed by atoms with E-state index < -0.39 is 11.9 Å². The highest BCUT2D eigenvalue weighted by Crippen LogP contribution is 2.07. The Kier molecular flexibility index (Phi) is 4.98. The van der Waals surface area contributed by atoms with E-state index in [1.165, 1.54) is 0 Å². The van der Waals surface area contributed by atoms with Crippen LogP contribution in [0.4, 0.5) is 0 Å². The van der Waals surface area contributed by atoms with Crippen molar-refractivity contribution in [3.05, 3.63) is 0 Å². The van der Waals surface area contributed by atoms with E-state index in [1.54, 1.807) is 4.90 Å². The molecule has 1 saturated heterocycles. The second kappa shape index (κ2) is 6.26. The number of piperazine rings is 1. The minimum Gasteiger partial charge on any atom is -0.338 e. The predicted molar refractivity (Wildman–Crippen MR) is 65.1 cm³/mol. The molecule has 1 unspecified atom stereocenters. The van der Waals surface area contributed by atoms with Crippen molar-refractivity contribution >= 4 is 11.8 Å². The van der Waals surface area contributed by atoms with Gasteiger partial charge in [-0.05, 0) is 11.8 Å². The Morgan fingerprint density at radius 3 is 2.41 bits per heavy atom. The average Bonchev–Trinajstić information content (AvgIpc) is 2.35. The van der Waals surface area contributed by atoms with Gasteiger partial charge in [-0.2, -0.15) is 0 Å². The van der Waals surface area contributed by atoms with Gasteiger partial charge in [-0.25, -0.2) is 0 Å². The second-order valence-corrected chi connectivity index (χ2v) is 4.41. The minimum atomic E-state index is -0.535. The van der Waals surface area contributed by atoms with Crippen LogP contribution in [0.5, 0.6) is 0 Å². The molecule has 2 amide bonds. The lowest BCUT2D eigenvalue weighted by molar-refractivity contribution is -0.137. The van der Waals surface area contributed by atoms with E-state index in [4.69, 9.17) is 6.42 Å². The van der Waals surface area contributed by atoms with Crippen molar-refractivity contribution in [1.82, 2.24) is 15.5 Å². The van der Waals surface area contributed by atoms with Crippen LogP contribution >= 0.6 is 0 Å². The van der Waals surface area contributed by atoms with Crippen LogP contribution in [-0.4, -0.2) is 48.9 Å². The van der Waals surface area contributed by atoms with Crippen molar-refractivity contribution in [3.8, 4) is 12.3 Å². The van der Waals surface area contributed by atoms with E-state index in [2.05, 4.69) is 10.6 Å².